The number of benzene rings is 1. The molecule has 3 N–H and O–H groups in total. The number of carbonyl (C=O) groups excluding carboxylic acids is 2. The highest BCUT2D eigenvalue weighted by atomic mass is 16.5. The molecule has 35 heavy (non-hydrogen) atoms. The minimum atomic E-state index is -1.01. The molecule has 0 saturated carbocycles. The van der Waals surface area contributed by atoms with Crippen LogP contribution in [0.5, 0.6) is 5.75 Å². The Hall–Kier alpha value is -2.42. The van der Waals surface area contributed by atoms with Gasteiger partial charge in [0.15, 0.2) is 0 Å². The molecule has 8 heteroatoms. The highest BCUT2D eigenvalue weighted by Crippen LogP contribution is 2.50. The summed E-state index contributed by atoms with van der Waals surface area (Å²) in [6, 6.07) is 3.95. The van der Waals surface area contributed by atoms with Gasteiger partial charge in [-0.25, -0.2) is 0 Å². The molecule has 2 aliphatic heterocycles. The van der Waals surface area contributed by atoms with E-state index in [1.54, 1.807) is 0 Å². The molecule has 4 rings (SSSR count). The molecule has 1 aromatic rings. The normalized spacial score (nSPS) is 27.0. The number of fused-ring (bicyclic) bond motifs is 3. The van der Waals surface area contributed by atoms with E-state index in [1.165, 1.54) is 17.5 Å². The van der Waals surface area contributed by atoms with Crippen LogP contribution in [0, 0.1) is 31.6 Å². The molecule has 188 valence electrons. The van der Waals surface area contributed by atoms with Crippen LogP contribution in [0.3, 0.4) is 0 Å². The van der Waals surface area contributed by atoms with E-state index >= 15 is 0 Å². The van der Waals surface area contributed by atoms with Crippen molar-refractivity contribution in [2.24, 2.45) is 17.8 Å². The topological polar surface area (TPSA) is 107 Å². The molecular formula is C27H36BNO6. The molecule has 2 fully saturated rings. The van der Waals surface area contributed by atoms with Crippen molar-refractivity contribution < 1.29 is 29.5 Å². The number of hydrogen-bond donors (Lipinski definition) is 3. The number of phenols is 1. The highest BCUT2D eigenvalue weighted by molar-refractivity contribution is 6.43. The number of hydrogen-bond acceptors (Lipinski definition) is 6. The second-order valence-corrected chi connectivity index (χ2v) is 10.3. The smallest absolute Gasteiger partial charge is 0.455 e. The quantitative estimate of drug-likeness (QED) is 0.313. The van der Waals surface area contributed by atoms with E-state index in [1.807, 2.05) is 26.0 Å². The monoisotopic (exact) mass is 481 g/mol. The Bertz CT molecular complexity index is 1060. The number of imide groups is 1. The zero-order valence-electron chi connectivity index (χ0n) is 21.1. The van der Waals surface area contributed by atoms with E-state index in [4.69, 9.17) is 4.65 Å². The Morgan fingerprint density at radius 2 is 1.86 bits per heavy atom. The average molecular weight is 481 g/mol. The molecule has 1 aliphatic carbocycles. The maximum atomic E-state index is 12.9. The van der Waals surface area contributed by atoms with Crippen LogP contribution in [-0.2, 0) is 14.2 Å². The van der Waals surface area contributed by atoms with Crippen molar-refractivity contribution in [1.82, 2.24) is 4.90 Å². The van der Waals surface area contributed by atoms with E-state index in [9.17, 15) is 24.8 Å². The van der Waals surface area contributed by atoms with Gasteiger partial charge in [0.25, 0.3) is 0 Å². The number of rotatable bonds is 7. The van der Waals surface area contributed by atoms with E-state index < -0.39 is 25.1 Å². The largest absolute Gasteiger partial charge is 0.507 e. The highest BCUT2D eigenvalue weighted by Gasteiger charge is 2.56. The number of phenolic OH excluding ortho intramolecular Hbond substituents is 1. The molecular weight excluding hydrogens is 445 g/mol. The first-order valence-electron chi connectivity index (χ1n) is 12.6. The first-order chi connectivity index (χ1) is 16.7. The van der Waals surface area contributed by atoms with Gasteiger partial charge in [-0.15, -0.1) is 0 Å². The summed E-state index contributed by atoms with van der Waals surface area (Å²) in [5.41, 5.74) is 5.63. The standard InChI is InChI=1S/C27H36BNO6/c1-5-6-17(11-18-9-15(2)25(31)16(3)10-18)7-8-22-23-19(14-30)12-20-24(21(23)13-28(34)35-22)27(33)29(4)26(20)32/h9-11,20-22,24,30-31,34H,5-8,12-14H2,1-4H3/b17-11+/t20-,21+,22-,24-/m1/s1. The maximum Gasteiger partial charge on any atom is 0.455 e. The SMILES string of the molecule is CCC/C(=C\c1cc(C)c(O)c(C)c1)CC[C@H]1OB(O)C[C@H]2C1=C(CO)C[C@H]1C(=O)N(C)C(=O)[C@H]12. The Morgan fingerprint density at radius 3 is 2.49 bits per heavy atom. The van der Waals surface area contributed by atoms with Gasteiger partial charge in [0.05, 0.1) is 24.5 Å². The van der Waals surface area contributed by atoms with Gasteiger partial charge < -0.3 is 19.9 Å². The lowest BCUT2D eigenvalue weighted by Crippen LogP contribution is -2.46. The van der Waals surface area contributed by atoms with Crippen molar-refractivity contribution in [3.8, 4) is 5.75 Å². The lowest BCUT2D eigenvalue weighted by atomic mass is 9.58. The van der Waals surface area contributed by atoms with Crippen LogP contribution in [0.25, 0.3) is 6.08 Å². The molecule has 0 aromatic heterocycles. The second kappa shape index (κ2) is 10.3. The molecule has 2 amide bonds. The summed E-state index contributed by atoms with van der Waals surface area (Å²) in [6.07, 6.45) is 5.61. The van der Waals surface area contributed by atoms with E-state index in [0.717, 1.165) is 47.1 Å². The van der Waals surface area contributed by atoms with Gasteiger partial charge in [-0.1, -0.05) is 25.0 Å². The molecule has 3 aliphatic rings. The number of amides is 2. The van der Waals surface area contributed by atoms with Gasteiger partial charge in [-0.3, -0.25) is 14.5 Å². The zero-order valence-corrected chi connectivity index (χ0v) is 21.1. The van der Waals surface area contributed by atoms with Crippen molar-refractivity contribution in [3.63, 3.8) is 0 Å². The number of aromatic hydroxyl groups is 1. The minimum Gasteiger partial charge on any atom is -0.507 e. The van der Waals surface area contributed by atoms with E-state index in [2.05, 4.69) is 13.0 Å². The Balaban J connectivity index is 1.61. The fraction of sp³-hybridized carbons (Fsp3) is 0.556. The summed E-state index contributed by atoms with van der Waals surface area (Å²) >= 11 is 0. The molecule has 2 heterocycles. The number of nitrogens with zero attached hydrogens (tertiary/aromatic N) is 1. The predicted octanol–water partition coefficient (Wildman–Crippen LogP) is 3.39. The number of aryl methyl sites for hydroxylation is 2. The summed E-state index contributed by atoms with van der Waals surface area (Å²) < 4.78 is 5.97. The van der Waals surface area contributed by atoms with Crippen molar-refractivity contribution in [1.29, 1.82) is 0 Å². The van der Waals surface area contributed by atoms with Gasteiger partial charge in [0.2, 0.25) is 11.8 Å². The van der Waals surface area contributed by atoms with Gasteiger partial charge in [-0.2, -0.15) is 0 Å². The first kappa shape index (κ1) is 25.7. The summed E-state index contributed by atoms with van der Waals surface area (Å²) in [5, 5.41) is 30.8. The van der Waals surface area contributed by atoms with Crippen LogP contribution in [0.1, 0.15) is 55.7 Å². The van der Waals surface area contributed by atoms with Gasteiger partial charge >= 0.3 is 7.12 Å². The molecule has 0 unspecified atom stereocenters. The Labute approximate surface area is 207 Å². The van der Waals surface area contributed by atoms with Gasteiger partial charge in [0, 0.05) is 7.05 Å². The molecule has 2 saturated heterocycles. The fourth-order valence-corrected chi connectivity index (χ4v) is 6.28. The first-order valence-corrected chi connectivity index (χ1v) is 12.6. The number of aliphatic hydroxyl groups excluding tert-OH is 1. The van der Waals surface area contributed by atoms with Crippen molar-refractivity contribution in [3.05, 3.63) is 45.5 Å². The number of allylic oxidation sites excluding steroid dienone is 1. The summed E-state index contributed by atoms with van der Waals surface area (Å²) in [6.45, 7) is 5.73. The Kier molecular flexibility index (Phi) is 7.55. The van der Waals surface area contributed by atoms with Crippen molar-refractivity contribution in [2.45, 2.75) is 65.3 Å². The predicted molar refractivity (Wildman–Crippen MR) is 134 cm³/mol. The Morgan fingerprint density at radius 1 is 1.17 bits per heavy atom. The van der Waals surface area contributed by atoms with E-state index in [-0.39, 0.29) is 30.7 Å². The lowest BCUT2D eigenvalue weighted by Gasteiger charge is -2.43. The van der Waals surface area contributed by atoms with E-state index in [0.29, 0.717) is 18.6 Å². The summed E-state index contributed by atoms with van der Waals surface area (Å²) in [7, 11) is 0.505. The van der Waals surface area contributed by atoms with Crippen LogP contribution >= 0.6 is 0 Å². The second-order valence-electron chi connectivity index (χ2n) is 10.3. The fourth-order valence-electron chi connectivity index (χ4n) is 6.28. The van der Waals surface area contributed by atoms with Crippen LogP contribution in [0.2, 0.25) is 6.32 Å². The van der Waals surface area contributed by atoms with Crippen LogP contribution in [0.15, 0.2) is 28.9 Å². The minimum absolute atomic E-state index is 0.181. The van der Waals surface area contributed by atoms with Crippen molar-refractivity contribution >= 4 is 25.0 Å². The molecule has 7 nitrogen and oxygen atoms in total. The summed E-state index contributed by atoms with van der Waals surface area (Å²) in [4.78, 5) is 26.8. The molecule has 4 atom stereocenters. The number of carbonyl (C=O) groups is 2. The van der Waals surface area contributed by atoms with Gasteiger partial charge in [0.1, 0.15) is 5.75 Å². The third kappa shape index (κ3) is 4.84. The number of likely N-dealkylation sites (tertiary alicyclic amines) is 1. The number of aliphatic hydroxyl groups is 1. The average Bonchev–Trinajstić information content (AvgIpc) is 3.04. The third-order valence-electron chi connectivity index (χ3n) is 7.90. The lowest BCUT2D eigenvalue weighted by molar-refractivity contribution is -0.138. The van der Waals surface area contributed by atoms with Crippen LogP contribution < -0.4 is 0 Å². The van der Waals surface area contributed by atoms with Crippen LogP contribution in [-0.4, -0.2) is 58.8 Å². The molecule has 0 radical (unpaired) electrons. The maximum absolute atomic E-state index is 12.9. The molecule has 0 spiro atoms. The van der Waals surface area contributed by atoms with Crippen molar-refractivity contribution in [2.75, 3.05) is 13.7 Å². The zero-order chi connectivity index (χ0) is 25.4. The van der Waals surface area contributed by atoms with Crippen LogP contribution in [0.4, 0.5) is 0 Å². The molecule has 1 aromatic carbocycles. The third-order valence-corrected chi connectivity index (χ3v) is 7.90. The molecule has 0 bridgehead atoms. The summed E-state index contributed by atoms with van der Waals surface area (Å²) in [5.74, 6) is -1.34. The van der Waals surface area contributed by atoms with Gasteiger partial charge in [-0.05, 0) is 91.7 Å².